The minimum Gasteiger partial charge on any atom is -0.464 e. The Morgan fingerprint density at radius 2 is 1.98 bits per heavy atom. The summed E-state index contributed by atoms with van der Waals surface area (Å²) in [4.78, 5) is 49.7. The maximum Gasteiger partial charge on any atom is 0.408 e. The molecule has 1 aromatic carbocycles. The summed E-state index contributed by atoms with van der Waals surface area (Å²) in [5, 5.41) is 5.11. The van der Waals surface area contributed by atoms with Gasteiger partial charge in [0.15, 0.2) is 11.7 Å². The molecule has 0 saturated carbocycles. The number of nitrogens with one attached hydrogen (secondary N) is 2. The van der Waals surface area contributed by atoms with E-state index in [2.05, 4.69) is 59.3 Å². The number of cyclic esters (lactones) is 1. The van der Waals surface area contributed by atoms with Crippen LogP contribution in [-0.4, -0.2) is 75.5 Å². The summed E-state index contributed by atoms with van der Waals surface area (Å²) < 4.78 is 25.8. The topological polar surface area (TPSA) is 150 Å². The summed E-state index contributed by atoms with van der Waals surface area (Å²) in [6.45, 7) is 14.7. The van der Waals surface area contributed by atoms with Gasteiger partial charge in [0.1, 0.15) is 17.7 Å². The quantitative estimate of drug-likeness (QED) is 0.231. The van der Waals surface area contributed by atoms with Gasteiger partial charge < -0.3 is 28.5 Å². The highest BCUT2D eigenvalue weighted by Gasteiger charge is 2.36. The van der Waals surface area contributed by atoms with Crippen molar-refractivity contribution in [1.29, 1.82) is 0 Å². The van der Waals surface area contributed by atoms with Crippen molar-refractivity contribution in [3.05, 3.63) is 59.9 Å². The van der Waals surface area contributed by atoms with Crippen LogP contribution >= 0.6 is 0 Å². The van der Waals surface area contributed by atoms with E-state index < -0.39 is 41.1 Å². The highest BCUT2D eigenvalue weighted by atomic mass is 16.6. The molecule has 1 fully saturated rings. The number of aryl methyl sites for hydroxylation is 1. The number of oxazole rings is 1. The van der Waals surface area contributed by atoms with Crippen LogP contribution in [0.25, 0.3) is 33.5 Å². The number of esters is 1. The highest BCUT2D eigenvalue weighted by Crippen LogP contribution is 2.42. The summed E-state index contributed by atoms with van der Waals surface area (Å²) in [6.07, 6.45) is 4.04. The third kappa shape index (κ3) is 7.85. The normalized spacial score (nSPS) is 20.3. The van der Waals surface area contributed by atoms with Gasteiger partial charge in [0, 0.05) is 53.8 Å². The lowest BCUT2D eigenvalue weighted by Gasteiger charge is -2.35. The maximum atomic E-state index is 13.9. The standard InChI is InChI=1S/C39H50N6O7/c1-9-44-30-15-14-24-18-26(30)27(34(44)25-12-10-16-40-33(25)23(2)49-8)20-39(6,7)22-50-36(47)28-13-11-17-45(43-28)35(46)29(19-32-41-21-31(24)51-32)42-37(48)52-38(3,4)5/h10,12,14-16,18,21,23,28-29,43H,9,11,13,17,19-20,22H2,1-8H3,(H,42,48)/t23-,28-,29-/m0/s1. The number of ether oxygens (including phenoxy) is 3. The molecule has 52 heavy (non-hydrogen) atoms. The molecule has 13 nitrogen and oxygen atoms in total. The fourth-order valence-corrected chi connectivity index (χ4v) is 7.01. The van der Waals surface area contributed by atoms with Crippen LogP contribution in [0.5, 0.6) is 0 Å². The van der Waals surface area contributed by atoms with Crippen molar-refractivity contribution < 1.29 is 33.0 Å². The number of rotatable bonds is 5. The molecule has 0 unspecified atom stereocenters. The number of fused-ring (bicyclic) bond motifs is 6. The fraction of sp³-hybridized carbons (Fsp3) is 0.513. The first-order valence-corrected chi connectivity index (χ1v) is 18.0. The van der Waals surface area contributed by atoms with Gasteiger partial charge in [-0.2, -0.15) is 0 Å². The molecule has 0 radical (unpaired) electrons. The van der Waals surface area contributed by atoms with Crippen LogP contribution in [0.1, 0.15) is 84.6 Å². The molecule has 2 aliphatic rings. The van der Waals surface area contributed by atoms with Crippen molar-refractivity contribution in [2.45, 2.75) is 104 Å². The SMILES string of the molecule is CCn1c(-c2cccnc2[C@H](C)OC)c2c3cc(ccc31)-c1cnc(o1)C[C@H](NC(=O)OC(C)(C)C)C(=O)N1CCC[C@H](N1)C(=O)OCC(C)(C)C2. The van der Waals surface area contributed by atoms with Crippen LogP contribution < -0.4 is 10.7 Å². The Balaban J connectivity index is 1.49. The second-order valence-corrected chi connectivity index (χ2v) is 15.4. The minimum atomic E-state index is -1.08. The molecule has 2 N–H and O–H groups in total. The average Bonchev–Trinajstić information content (AvgIpc) is 3.70. The first-order valence-electron chi connectivity index (χ1n) is 18.0. The molecular weight excluding hydrogens is 664 g/mol. The van der Waals surface area contributed by atoms with Gasteiger partial charge >= 0.3 is 12.1 Å². The number of hydrogen-bond acceptors (Lipinski definition) is 10. The van der Waals surface area contributed by atoms with Crippen LogP contribution in [0.4, 0.5) is 4.79 Å². The minimum absolute atomic E-state index is 0.0368. The van der Waals surface area contributed by atoms with E-state index in [1.807, 2.05) is 19.1 Å². The van der Waals surface area contributed by atoms with Crippen LogP contribution in [-0.2, 0) is 43.2 Å². The highest BCUT2D eigenvalue weighted by molar-refractivity contribution is 5.95. The lowest BCUT2D eigenvalue weighted by atomic mass is 9.84. The zero-order valence-corrected chi connectivity index (χ0v) is 31.4. The number of pyridine rings is 1. The molecule has 5 heterocycles. The first kappa shape index (κ1) is 37.0. The molecule has 2 amide bonds. The monoisotopic (exact) mass is 714 g/mol. The number of carbonyl (C=O) groups is 3. The van der Waals surface area contributed by atoms with Gasteiger partial charge in [-0.15, -0.1) is 0 Å². The average molecular weight is 715 g/mol. The summed E-state index contributed by atoms with van der Waals surface area (Å²) >= 11 is 0. The van der Waals surface area contributed by atoms with E-state index in [9.17, 15) is 14.4 Å². The lowest BCUT2D eigenvalue weighted by Crippen LogP contribution is -2.60. The number of benzene rings is 1. The molecule has 1 saturated heterocycles. The maximum absolute atomic E-state index is 13.9. The predicted molar refractivity (Wildman–Crippen MR) is 195 cm³/mol. The largest absolute Gasteiger partial charge is 0.464 e. The van der Waals surface area contributed by atoms with Gasteiger partial charge in [-0.25, -0.2) is 15.2 Å². The summed E-state index contributed by atoms with van der Waals surface area (Å²) in [5.74, 6) is -0.0952. The van der Waals surface area contributed by atoms with Crippen molar-refractivity contribution in [1.82, 2.24) is 30.3 Å². The summed E-state index contributed by atoms with van der Waals surface area (Å²) in [7, 11) is 1.68. The van der Waals surface area contributed by atoms with Crippen LogP contribution in [0.15, 0.2) is 47.1 Å². The number of alkyl carbamates (subject to hydrolysis) is 1. The van der Waals surface area contributed by atoms with Crippen LogP contribution in [0.2, 0.25) is 0 Å². The number of hydrogen-bond donors (Lipinski definition) is 2. The van der Waals surface area contributed by atoms with Gasteiger partial charge in [-0.3, -0.25) is 19.6 Å². The number of methoxy groups -OCH3 is 1. The number of amides is 2. The Labute approximate surface area is 304 Å². The third-order valence-electron chi connectivity index (χ3n) is 9.52. The molecule has 4 aromatic rings. The molecule has 0 aliphatic carbocycles. The fourth-order valence-electron chi connectivity index (χ4n) is 7.01. The Morgan fingerprint density at radius 3 is 2.71 bits per heavy atom. The van der Waals surface area contributed by atoms with E-state index in [1.54, 1.807) is 40.3 Å². The summed E-state index contributed by atoms with van der Waals surface area (Å²) in [5.41, 5.74) is 7.58. The summed E-state index contributed by atoms with van der Waals surface area (Å²) in [6, 6.07) is 8.39. The zero-order valence-electron chi connectivity index (χ0n) is 31.4. The van der Waals surface area contributed by atoms with Gasteiger partial charge in [-0.1, -0.05) is 13.8 Å². The molecule has 0 spiro atoms. The molecular formula is C39H50N6O7. The molecule has 3 aromatic heterocycles. The van der Waals surface area contributed by atoms with Gasteiger partial charge in [0.2, 0.25) is 0 Å². The Hall–Kier alpha value is -4.75. The molecule has 6 bridgehead atoms. The van der Waals surface area contributed by atoms with Gasteiger partial charge in [0.05, 0.1) is 36.7 Å². The molecule has 6 rings (SSSR count). The van der Waals surface area contributed by atoms with E-state index >= 15 is 0 Å². The van der Waals surface area contributed by atoms with Crippen LogP contribution in [0, 0.1) is 5.41 Å². The van der Waals surface area contributed by atoms with Crippen molar-refractivity contribution in [2.24, 2.45) is 5.41 Å². The van der Waals surface area contributed by atoms with Gasteiger partial charge in [0.25, 0.3) is 5.91 Å². The predicted octanol–water partition coefficient (Wildman–Crippen LogP) is 6.14. The Morgan fingerprint density at radius 1 is 1.19 bits per heavy atom. The number of hydrazine groups is 1. The smallest absolute Gasteiger partial charge is 0.408 e. The lowest BCUT2D eigenvalue weighted by molar-refractivity contribution is -0.155. The first-order chi connectivity index (χ1) is 24.7. The van der Waals surface area contributed by atoms with Crippen LogP contribution in [0.3, 0.4) is 0 Å². The van der Waals surface area contributed by atoms with Crippen molar-refractivity contribution >= 4 is 28.9 Å². The molecule has 13 heteroatoms. The second kappa shape index (κ2) is 14.7. The number of aromatic nitrogens is 3. The van der Waals surface area contributed by atoms with E-state index in [0.29, 0.717) is 38.1 Å². The van der Waals surface area contributed by atoms with E-state index in [-0.39, 0.29) is 25.0 Å². The molecule has 2 aliphatic heterocycles. The zero-order chi connectivity index (χ0) is 37.4. The number of nitrogens with zero attached hydrogens (tertiary/aromatic N) is 4. The van der Waals surface area contributed by atoms with Crippen molar-refractivity contribution in [2.75, 3.05) is 20.3 Å². The molecule has 3 atom stereocenters. The third-order valence-corrected chi connectivity index (χ3v) is 9.52. The van der Waals surface area contributed by atoms with Crippen molar-refractivity contribution in [3.8, 4) is 22.6 Å². The van der Waals surface area contributed by atoms with E-state index in [0.717, 1.165) is 39.0 Å². The molecule has 278 valence electrons. The Bertz CT molecular complexity index is 1960. The Kier molecular flexibility index (Phi) is 10.5. The number of carbonyl (C=O) groups excluding carboxylic acids is 3. The van der Waals surface area contributed by atoms with Gasteiger partial charge in [-0.05, 0) is 89.8 Å². The second-order valence-electron chi connectivity index (χ2n) is 15.4. The van der Waals surface area contributed by atoms with E-state index in [4.69, 9.17) is 23.6 Å². The van der Waals surface area contributed by atoms with Crippen molar-refractivity contribution in [3.63, 3.8) is 0 Å². The van der Waals surface area contributed by atoms with E-state index in [1.165, 1.54) is 5.01 Å².